The fourth-order valence-corrected chi connectivity index (χ4v) is 1.48. The summed E-state index contributed by atoms with van der Waals surface area (Å²) in [5, 5.41) is 12.9. The number of aliphatic hydroxyl groups excluding tert-OH is 1. The molecule has 1 aromatic carbocycles. The van der Waals surface area contributed by atoms with Gasteiger partial charge in [0.05, 0.1) is 6.10 Å². The molecule has 0 fully saturated rings. The number of rotatable bonds is 6. The number of nitrogens with one attached hydrogen (secondary N) is 1. The molecule has 1 rings (SSSR count). The summed E-state index contributed by atoms with van der Waals surface area (Å²) in [6.45, 7) is 5.67. The van der Waals surface area contributed by atoms with Crippen LogP contribution in [-0.4, -0.2) is 29.8 Å². The van der Waals surface area contributed by atoms with Gasteiger partial charge in [-0.2, -0.15) is 0 Å². The summed E-state index contributed by atoms with van der Waals surface area (Å²) >= 11 is 5.76. The van der Waals surface area contributed by atoms with E-state index in [9.17, 15) is 9.90 Å². The average molecular weight is 286 g/mol. The number of carbonyl (C=O) groups excluding carboxylic acids is 1. The van der Waals surface area contributed by atoms with Gasteiger partial charge in [-0.1, -0.05) is 25.4 Å². The Bertz CT molecular complexity index is 406. The monoisotopic (exact) mass is 285 g/mol. The molecule has 2 atom stereocenters. The van der Waals surface area contributed by atoms with Crippen LogP contribution in [0.1, 0.15) is 20.8 Å². The molecule has 0 aromatic heterocycles. The highest BCUT2D eigenvalue weighted by Crippen LogP contribution is 2.16. The fraction of sp³-hybridized carbons (Fsp3) is 0.500. The second kappa shape index (κ2) is 7.36. The lowest BCUT2D eigenvalue weighted by molar-refractivity contribution is -0.127. The zero-order valence-electron chi connectivity index (χ0n) is 11.4. The SMILES string of the molecule is CC(Oc1ccc(Cl)cc1)C(=O)NCC(O)C(C)C. The predicted octanol–water partition coefficient (Wildman–Crippen LogP) is 2.24. The Kier molecular flexibility index (Phi) is 6.12. The number of ether oxygens (including phenoxy) is 1. The summed E-state index contributed by atoms with van der Waals surface area (Å²) in [6.07, 6.45) is -1.17. The summed E-state index contributed by atoms with van der Waals surface area (Å²) < 4.78 is 5.47. The van der Waals surface area contributed by atoms with Gasteiger partial charge in [-0.25, -0.2) is 0 Å². The Morgan fingerprint density at radius 2 is 1.89 bits per heavy atom. The maximum atomic E-state index is 11.8. The highest BCUT2D eigenvalue weighted by Gasteiger charge is 2.16. The van der Waals surface area contributed by atoms with E-state index in [-0.39, 0.29) is 18.4 Å². The van der Waals surface area contributed by atoms with Crippen LogP contribution >= 0.6 is 11.6 Å². The molecule has 1 aromatic rings. The zero-order chi connectivity index (χ0) is 14.4. The fourth-order valence-electron chi connectivity index (χ4n) is 1.36. The molecule has 1 amide bonds. The van der Waals surface area contributed by atoms with E-state index in [1.54, 1.807) is 31.2 Å². The predicted molar refractivity (Wildman–Crippen MR) is 75.4 cm³/mol. The van der Waals surface area contributed by atoms with Crippen molar-refractivity contribution in [3.8, 4) is 5.75 Å². The lowest BCUT2D eigenvalue weighted by atomic mass is 10.1. The minimum Gasteiger partial charge on any atom is -0.481 e. The van der Waals surface area contributed by atoms with Crippen LogP contribution in [0.2, 0.25) is 5.02 Å². The van der Waals surface area contributed by atoms with Crippen LogP contribution in [0.3, 0.4) is 0 Å². The van der Waals surface area contributed by atoms with Crippen molar-refractivity contribution in [3.05, 3.63) is 29.3 Å². The van der Waals surface area contributed by atoms with Gasteiger partial charge < -0.3 is 15.2 Å². The molecule has 0 aliphatic carbocycles. The van der Waals surface area contributed by atoms with Gasteiger partial charge in [0.2, 0.25) is 0 Å². The van der Waals surface area contributed by atoms with Crippen molar-refractivity contribution in [2.75, 3.05) is 6.54 Å². The molecule has 0 radical (unpaired) electrons. The molecule has 0 saturated heterocycles. The zero-order valence-corrected chi connectivity index (χ0v) is 12.1. The molecule has 0 aliphatic rings. The van der Waals surface area contributed by atoms with Crippen molar-refractivity contribution in [2.45, 2.75) is 33.0 Å². The van der Waals surface area contributed by atoms with Gasteiger partial charge in [-0.15, -0.1) is 0 Å². The van der Waals surface area contributed by atoms with E-state index in [0.717, 1.165) is 0 Å². The first-order chi connectivity index (χ1) is 8.90. The third kappa shape index (κ3) is 5.49. The van der Waals surface area contributed by atoms with Crippen LogP contribution in [0.25, 0.3) is 0 Å². The molecular formula is C14H20ClNO3. The largest absolute Gasteiger partial charge is 0.481 e. The van der Waals surface area contributed by atoms with Crippen LogP contribution in [0, 0.1) is 5.92 Å². The first kappa shape index (κ1) is 15.8. The number of hydrogen-bond donors (Lipinski definition) is 2. The van der Waals surface area contributed by atoms with E-state index < -0.39 is 12.2 Å². The van der Waals surface area contributed by atoms with Crippen LogP contribution in [-0.2, 0) is 4.79 Å². The standard InChI is InChI=1S/C14H20ClNO3/c1-9(2)13(17)8-16-14(18)10(3)19-12-6-4-11(15)5-7-12/h4-7,9-10,13,17H,8H2,1-3H3,(H,16,18). The van der Waals surface area contributed by atoms with Gasteiger partial charge in [-0.05, 0) is 37.1 Å². The number of carbonyl (C=O) groups is 1. The average Bonchev–Trinajstić information content (AvgIpc) is 2.37. The summed E-state index contributed by atoms with van der Waals surface area (Å²) in [6, 6.07) is 6.80. The molecule has 2 N–H and O–H groups in total. The number of halogens is 1. The molecule has 0 heterocycles. The topological polar surface area (TPSA) is 58.6 Å². The highest BCUT2D eigenvalue weighted by atomic mass is 35.5. The lowest BCUT2D eigenvalue weighted by Crippen LogP contribution is -2.41. The van der Waals surface area contributed by atoms with Crippen molar-refractivity contribution < 1.29 is 14.6 Å². The van der Waals surface area contributed by atoms with Crippen molar-refractivity contribution in [1.82, 2.24) is 5.32 Å². The number of benzene rings is 1. The van der Waals surface area contributed by atoms with Gasteiger partial charge in [0.15, 0.2) is 6.10 Å². The molecule has 0 bridgehead atoms. The van der Waals surface area contributed by atoms with Gasteiger partial charge in [0.25, 0.3) is 5.91 Å². The molecule has 5 heteroatoms. The maximum Gasteiger partial charge on any atom is 0.260 e. The van der Waals surface area contributed by atoms with Crippen LogP contribution in [0.4, 0.5) is 0 Å². The Labute approximate surface area is 118 Å². The highest BCUT2D eigenvalue weighted by molar-refractivity contribution is 6.30. The second-order valence-corrected chi connectivity index (χ2v) is 5.21. The van der Waals surface area contributed by atoms with Crippen LogP contribution in [0.5, 0.6) is 5.75 Å². The van der Waals surface area contributed by atoms with Gasteiger partial charge in [-0.3, -0.25) is 4.79 Å². The van der Waals surface area contributed by atoms with Crippen molar-refractivity contribution in [2.24, 2.45) is 5.92 Å². The third-order valence-corrected chi connectivity index (χ3v) is 3.00. The number of amides is 1. The lowest BCUT2D eigenvalue weighted by Gasteiger charge is -2.18. The van der Waals surface area contributed by atoms with E-state index in [4.69, 9.17) is 16.3 Å². The van der Waals surface area contributed by atoms with Gasteiger partial charge in [0, 0.05) is 11.6 Å². The molecular weight excluding hydrogens is 266 g/mol. The minimum atomic E-state index is -0.625. The molecule has 19 heavy (non-hydrogen) atoms. The first-order valence-corrected chi connectivity index (χ1v) is 6.66. The molecule has 106 valence electrons. The van der Waals surface area contributed by atoms with E-state index in [2.05, 4.69) is 5.32 Å². The van der Waals surface area contributed by atoms with Crippen LogP contribution in [0.15, 0.2) is 24.3 Å². The Balaban J connectivity index is 2.42. The quantitative estimate of drug-likeness (QED) is 0.843. The maximum absolute atomic E-state index is 11.8. The normalized spacial score (nSPS) is 14.0. The minimum absolute atomic E-state index is 0.104. The Morgan fingerprint density at radius 1 is 1.32 bits per heavy atom. The van der Waals surface area contributed by atoms with Crippen molar-refractivity contribution >= 4 is 17.5 Å². The summed E-state index contributed by atoms with van der Waals surface area (Å²) in [5.41, 5.74) is 0. The first-order valence-electron chi connectivity index (χ1n) is 6.28. The summed E-state index contributed by atoms with van der Waals surface area (Å²) in [7, 11) is 0. The summed E-state index contributed by atoms with van der Waals surface area (Å²) in [5.74, 6) is 0.430. The van der Waals surface area contributed by atoms with E-state index in [1.807, 2.05) is 13.8 Å². The van der Waals surface area contributed by atoms with Gasteiger partial charge in [0.1, 0.15) is 5.75 Å². The molecule has 2 unspecified atom stereocenters. The van der Waals surface area contributed by atoms with Crippen molar-refractivity contribution in [1.29, 1.82) is 0 Å². The third-order valence-electron chi connectivity index (χ3n) is 2.75. The van der Waals surface area contributed by atoms with E-state index >= 15 is 0 Å². The second-order valence-electron chi connectivity index (χ2n) is 4.77. The smallest absolute Gasteiger partial charge is 0.260 e. The molecule has 0 spiro atoms. The van der Waals surface area contributed by atoms with Gasteiger partial charge >= 0.3 is 0 Å². The number of aliphatic hydroxyl groups is 1. The molecule has 0 aliphatic heterocycles. The van der Waals surface area contributed by atoms with Crippen molar-refractivity contribution in [3.63, 3.8) is 0 Å². The number of hydrogen-bond acceptors (Lipinski definition) is 3. The Hall–Kier alpha value is -1.26. The van der Waals surface area contributed by atoms with Crippen LogP contribution < -0.4 is 10.1 Å². The van der Waals surface area contributed by atoms with E-state index in [0.29, 0.717) is 10.8 Å². The van der Waals surface area contributed by atoms with E-state index in [1.165, 1.54) is 0 Å². The summed E-state index contributed by atoms with van der Waals surface area (Å²) in [4.78, 5) is 11.8. The molecule has 4 nitrogen and oxygen atoms in total. The Morgan fingerprint density at radius 3 is 2.42 bits per heavy atom. The molecule has 0 saturated carbocycles.